The first-order valence-corrected chi connectivity index (χ1v) is 28.1. The number of aromatic nitrogens is 3. The summed E-state index contributed by atoms with van der Waals surface area (Å²) in [5, 5.41) is 2.40. The Morgan fingerprint density at radius 1 is 0.268 bits per heavy atom. The van der Waals surface area contributed by atoms with E-state index in [-0.39, 0.29) is 6.71 Å². The van der Waals surface area contributed by atoms with Crippen LogP contribution in [0.15, 0.2) is 304 Å². The molecule has 5 nitrogen and oxygen atoms in total. The fraction of sp³-hybridized carbons (Fsp3) is 0. The second kappa shape index (κ2) is 19.5. The van der Waals surface area contributed by atoms with Gasteiger partial charge in [-0.1, -0.05) is 243 Å². The Kier molecular flexibility index (Phi) is 11.2. The first-order valence-electron chi connectivity index (χ1n) is 28.1. The SMILES string of the molecule is c1ccc(-c2ccc3c(c2)B2c4ccc(-c5ccccc5)cc4N(c4c(-c5ccccc5)cncc4-c4ccccc4)c4cc(-n5c6ccccc6c6ccccc65)cc(c42)N3c2c(-c3ccccc3)cncc2-c2ccccc2)cc1. The number of hydrogen-bond donors (Lipinski definition) is 0. The summed E-state index contributed by atoms with van der Waals surface area (Å²) in [5.41, 5.74) is 26.4. The molecular formula is C76H50BN5. The normalized spacial score (nSPS) is 12.3. The van der Waals surface area contributed by atoms with E-state index >= 15 is 0 Å². The molecule has 0 atom stereocenters. The van der Waals surface area contributed by atoms with Crippen molar-refractivity contribution in [1.82, 2.24) is 14.5 Å². The summed E-state index contributed by atoms with van der Waals surface area (Å²) in [5.74, 6) is 0. The van der Waals surface area contributed by atoms with Gasteiger partial charge in [0.15, 0.2) is 0 Å². The van der Waals surface area contributed by atoms with Gasteiger partial charge in [-0.15, -0.1) is 0 Å². The van der Waals surface area contributed by atoms with Gasteiger partial charge in [-0.2, -0.15) is 0 Å². The molecule has 0 fully saturated rings. The molecule has 382 valence electrons. The molecule has 3 aromatic heterocycles. The predicted molar refractivity (Wildman–Crippen MR) is 343 cm³/mol. The van der Waals surface area contributed by atoms with E-state index in [0.29, 0.717) is 0 Å². The minimum atomic E-state index is -0.215. The van der Waals surface area contributed by atoms with Crippen LogP contribution in [0.2, 0.25) is 0 Å². The number of rotatable bonds is 9. The van der Waals surface area contributed by atoms with Crippen molar-refractivity contribution < 1.29 is 0 Å². The topological polar surface area (TPSA) is 37.2 Å². The molecule has 6 heteroatoms. The zero-order valence-electron chi connectivity index (χ0n) is 44.7. The monoisotopic (exact) mass is 1040 g/mol. The molecule has 0 N–H and O–H groups in total. The third-order valence-electron chi connectivity index (χ3n) is 16.7. The lowest BCUT2D eigenvalue weighted by molar-refractivity contribution is 1.16. The highest BCUT2D eigenvalue weighted by molar-refractivity contribution is 7.00. The molecule has 0 unspecified atom stereocenters. The molecule has 0 amide bonds. The van der Waals surface area contributed by atoms with E-state index < -0.39 is 0 Å². The standard InChI is InChI=1S/C76H50BN5/c1-7-23-51(24-8-1)57-40-42-70-67(43-57)77-66-41-39-58(52-25-9-2-10-26-52)44-71(66)82(76-64(55-31-15-5-16-32-55)49-79-50-65(76)56-33-17-6-18-34-56)73-46-59(80-68-37-21-19-35-60(68)61-36-20-22-38-69(61)80)45-72(74(73)77)81(70)75-62(53-27-11-3-12-28-53)47-78-48-63(75)54-29-13-4-14-30-54/h1-50H. The number of pyridine rings is 2. The van der Waals surface area contributed by atoms with E-state index in [4.69, 9.17) is 9.97 Å². The highest BCUT2D eigenvalue weighted by atomic mass is 15.2. The second-order valence-electron chi connectivity index (χ2n) is 21.3. The van der Waals surface area contributed by atoms with E-state index in [1.54, 1.807) is 0 Å². The molecule has 0 saturated heterocycles. The smallest absolute Gasteiger partial charge is 0.252 e. The van der Waals surface area contributed by atoms with Crippen LogP contribution in [0.1, 0.15) is 0 Å². The number of fused-ring (bicyclic) bond motifs is 7. The third kappa shape index (κ3) is 7.64. The van der Waals surface area contributed by atoms with Gasteiger partial charge >= 0.3 is 0 Å². The van der Waals surface area contributed by atoms with Crippen molar-refractivity contribution in [3.05, 3.63) is 304 Å². The van der Waals surface area contributed by atoms with E-state index in [1.165, 1.54) is 27.2 Å². The Hall–Kier alpha value is -10.8. The quantitative estimate of drug-likeness (QED) is 0.135. The highest BCUT2D eigenvalue weighted by Gasteiger charge is 2.46. The Bertz CT molecular complexity index is 4570. The molecule has 16 rings (SSSR count). The molecule has 0 aliphatic carbocycles. The largest absolute Gasteiger partial charge is 0.310 e. The molecule has 0 spiro atoms. The molecule has 5 heterocycles. The maximum Gasteiger partial charge on any atom is 0.252 e. The minimum absolute atomic E-state index is 0.215. The maximum absolute atomic E-state index is 5.11. The van der Waals surface area contributed by atoms with Gasteiger partial charge in [-0.3, -0.25) is 9.97 Å². The van der Waals surface area contributed by atoms with Gasteiger partial charge < -0.3 is 14.4 Å². The van der Waals surface area contributed by atoms with Crippen molar-refractivity contribution in [2.75, 3.05) is 9.80 Å². The van der Waals surface area contributed by atoms with E-state index in [0.717, 1.165) is 118 Å². The highest BCUT2D eigenvalue weighted by Crippen LogP contribution is 2.53. The first kappa shape index (κ1) is 47.2. The average molecular weight is 1040 g/mol. The molecule has 0 bridgehead atoms. The van der Waals surface area contributed by atoms with Crippen LogP contribution in [-0.2, 0) is 0 Å². The number of nitrogens with zero attached hydrogens (tertiary/aromatic N) is 5. The lowest BCUT2D eigenvalue weighted by Gasteiger charge is -2.46. The van der Waals surface area contributed by atoms with Crippen molar-refractivity contribution in [2.24, 2.45) is 0 Å². The van der Waals surface area contributed by atoms with Crippen molar-refractivity contribution in [1.29, 1.82) is 0 Å². The summed E-state index contributed by atoms with van der Waals surface area (Å²) in [6, 6.07) is 102. The number of para-hydroxylation sites is 2. The van der Waals surface area contributed by atoms with Crippen molar-refractivity contribution in [3.8, 4) is 72.4 Å². The van der Waals surface area contributed by atoms with Crippen molar-refractivity contribution in [2.45, 2.75) is 0 Å². The fourth-order valence-corrected chi connectivity index (χ4v) is 13.1. The van der Waals surface area contributed by atoms with Crippen LogP contribution >= 0.6 is 0 Å². The summed E-state index contributed by atoms with van der Waals surface area (Å²) >= 11 is 0. The number of hydrogen-bond acceptors (Lipinski definition) is 4. The lowest BCUT2D eigenvalue weighted by Crippen LogP contribution is -2.61. The van der Waals surface area contributed by atoms with Gasteiger partial charge in [-0.25, -0.2) is 0 Å². The van der Waals surface area contributed by atoms with Crippen LogP contribution in [0.3, 0.4) is 0 Å². The van der Waals surface area contributed by atoms with Crippen LogP contribution < -0.4 is 26.2 Å². The predicted octanol–water partition coefficient (Wildman–Crippen LogP) is 17.7. The van der Waals surface area contributed by atoms with Gasteiger partial charge in [0.2, 0.25) is 0 Å². The molecule has 0 saturated carbocycles. The summed E-state index contributed by atoms with van der Waals surface area (Å²) in [6.45, 7) is -0.215. The zero-order valence-corrected chi connectivity index (χ0v) is 44.7. The van der Waals surface area contributed by atoms with Crippen LogP contribution in [0, 0.1) is 0 Å². The van der Waals surface area contributed by atoms with E-state index in [2.05, 4.69) is 318 Å². The van der Waals surface area contributed by atoms with Crippen molar-refractivity contribution in [3.63, 3.8) is 0 Å². The fourth-order valence-electron chi connectivity index (χ4n) is 13.1. The Morgan fingerprint density at radius 2 is 0.634 bits per heavy atom. The third-order valence-corrected chi connectivity index (χ3v) is 16.7. The molecule has 82 heavy (non-hydrogen) atoms. The van der Waals surface area contributed by atoms with Crippen LogP contribution in [0.5, 0.6) is 0 Å². The molecule has 14 aromatic rings. The minimum Gasteiger partial charge on any atom is -0.310 e. The average Bonchev–Trinajstić information content (AvgIpc) is 2.12. The van der Waals surface area contributed by atoms with Gasteiger partial charge in [0.1, 0.15) is 0 Å². The molecular weight excluding hydrogens is 994 g/mol. The summed E-state index contributed by atoms with van der Waals surface area (Å²) < 4.78 is 2.49. The van der Waals surface area contributed by atoms with Gasteiger partial charge in [0, 0.05) is 80.6 Å². The zero-order chi connectivity index (χ0) is 54.1. The molecule has 2 aliphatic heterocycles. The number of anilines is 6. The van der Waals surface area contributed by atoms with E-state index in [9.17, 15) is 0 Å². The van der Waals surface area contributed by atoms with Gasteiger partial charge in [0.05, 0.1) is 28.1 Å². The van der Waals surface area contributed by atoms with E-state index in [1.807, 2.05) is 0 Å². The van der Waals surface area contributed by atoms with Crippen LogP contribution in [0.4, 0.5) is 34.1 Å². The first-order chi connectivity index (χ1) is 40.7. The summed E-state index contributed by atoms with van der Waals surface area (Å²) in [4.78, 5) is 15.4. The lowest BCUT2D eigenvalue weighted by atomic mass is 9.33. The summed E-state index contributed by atoms with van der Waals surface area (Å²) in [6.07, 6.45) is 8.26. The molecule has 0 radical (unpaired) electrons. The maximum atomic E-state index is 5.11. The summed E-state index contributed by atoms with van der Waals surface area (Å²) in [7, 11) is 0. The van der Waals surface area contributed by atoms with Crippen LogP contribution in [-0.4, -0.2) is 21.2 Å². The molecule has 11 aromatic carbocycles. The van der Waals surface area contributed by atoms with Gasteiger partial charge in [-0.05, 0) is 97.3 Å². The molecule has 2 aliphatic rings. The van der Waals surface area contributed by atoms with Crippen molar-refractivity contribution >= 4 is 79.0 Å². The number of benzene rings is 11. The Balaban J connectivity index is 1.12. The Labute approximate surface area is 477 Å². The second-order valence-corrected chi connectivity index (χ2v) is 21.3. The van der Waals surface area contributed by atoms with Gasteiger partial charge in [0.25, 0.3) is 6.71 Å². The Morgan fingerprint density at radius 3 is 1.07 bits per heavy atom. The van der Waals surface area contributed by atoms with Crippen LogP contribution in [0.25, 0.3) is 94.3 Å².